The van der Waals surface area contributed by atoms with Gasteiger partial charge in [0.15, 0.2) is 0 Å². The van der Waals surface area contributed by atoms with Gasteiger partial charge in [0.25, 0.3) is 0 Å². The van der Waals surface area contributed by atoms with Crippen LogP contribution in [-0.4, -0.2) is 37.9 Å². The first-order chi connectivity index (χ1) is 23.6. The van der Waals surface area contributed by atoms with Gasteiger partial charge >= 0.3 is 8.25 Å². The van der Waals surface area contributed by atoms with Crippen LogP contribution in [0.4, 0.5) is 0 Å². The second-order valence-corrected chi connectivity index (χ2v) is 13.5. The maximum Gasteiger partial charge on any atom is 0.694 e. The Morgan fingerprint density at radius 1 is 0.604 bits per heavy atom. The smallest absolute Gasteiger partial charge is 0.497 e. The average molecular weight is 680 g/mol. The van der Waals surface area contributed by atoms with Gasteiger partial charge in [-0.1, -0.05) is 176 Å². The van der Waals surface area contributed by atoms with Crippen molar-refractivity contribution in [2.24, 2.45) is 0 Å². The summed E-state index contributed by atoms with van der Waals surface area (Å²) in [5.74, 6) is 0.758. The molecule has 3 aromatic carbocycles. The van der Waals surface area contributed by atoms with Crippen molar-refractivity contribution < 1.29 is 28.2 Å². The maximum absolute atomic E-state index is 11.5. The summed E-state index contributed by atoms with van der Waals surface area (Å²) in [4.78, 5) is 9.41. The average Bonchev–Trinajstić information content (AvgIpc) is 3.12. The van der Waals surface area contributed by atoms with Gasteiger partial charge in [-0.3, -0.25) is 0 Å². The second kappa shape index (κ2) is 24.5. The van der Waals surface area contributed by atoms with E-state index in [2.05, 4.69) is 31.2 Å². The van der Waals surface area contributed by atoms with Crippen LogP contribution in [0.5, 0.6) is 5.75 Å². The molecular formula is C41H60O6P+. The molecule has 0 heterocycles. The van der Waals surface area contributed by atoms with E-state index in [0.29, 0.717) is 6.61 Å². The zero-order chi connectivity index (χ0) is 34.1. The van der Waals surface area contributed by atoms with Gasteiger partial charge < -0.3 is 14.2 Å². The van der Waals surface area contributed by atoms with Gasteiger partial charge in [0, 0.05) is 11.2 Å². The summed E-state index contributed by atoms with van der Waals surface area (Å²) < 4.78 is 35.2. The van der Waals surface area contributed by atoms with Gasteiger partial charge in [0.1, 0.15) is 24.1 Å². The Labute approximate surface area is 291 Å². The fraction of sp³-hybridized carbons (Fsp3) is 0.561. The van der Waals surface area contributed by atoms with Crippen LogP contribution >= 0.6 is 8.25 Å². The Morgan fingerprint density at radius 3 is 1.48 bits per heavy atom. The number of ether oxygens (including phenoxy) is 3. The number of hydrogen-bond donors (Lipinski definition) is 1. The van der Waals surface area contributed by atoms with Gasteiger partial charge in [-0.05, 0) is 35.2 Å². The highest BCUT2D eigenvalue weighted by atomic mass is 31.1. The monoisotopic (exact) mass is 679 g/mol. The van der Waals surface area contributed by atoms with E-state index in [1.54, 1.807) is 7.11 Å². The summed E-state index contributed by atoms with van der Waals surface area (Å²) in [6.45, 7) is 2.95. The van der Waals surface area contributed by atoms with E-state index in [9.17, 15) is 9.46 Å². The minimum atomic E-state index is -2.75. The Kier molecular flexibility index (Phi) is 20.3. The largest absolute Gasteiger partial charge is 0.694 e. The fourth-order valence-corrected chi connectivity index (χ4v) is 6.62. The van der Waals surface area contributed by atoms with Crippen LogP contribution in [0.2, 0.25) is 0 Å². The highest BCUT2D eigenvalue weighted by Crippen LogP contribution is 2.41. The summed E-state index contributed by atoms with van der Waals surface area (Å²) in [5, 5.41) is 0. The van der Waals surface area contributed by atoms with E-state index < -0.39 is 20.0 Å². The van der Waals surface area contributed by atoms with Gasteiger partial charge in [0.2, 0.25) is 0 Å². The van der Waals surface area contributed by atoms with Crippen molar-refractivity contribution in [3.63, 3.8) is 0 Å². The predicted molar refractivity (Wildman–Crippen MR) is 197 cm³/mol. The summed E-state index contributed by atoms with van der Waals surface area (Å²) in [7, 11) is -1.10. The first-order valence-electron chi connectivity index (χ1n) is 18.4. The molecule has 1 N–H and O–H groups in total. The van der Waals surface area contributed by atoms with Crippen molar-refractivity contribution in [1.82, 2.24) is 0 Å². The number of benzene rings is 3. The molecule has 3 aromatic rings. The van der Waals surface area contributed by atoms with Gasteiger partial charge in [0.05, 0.1) is 13.7 Å². The molecule has 264 valence electrons. The van der Waals surface area contributed by atoms with E-state index in [0.717, 1.165) is 35.3 Å². The van der Waals surface area contributed by atoms with Crippen LogP contribution in [-0.2, 0) is 24.2 Å². The lowest BCUT2D eigenvalue weighted by Gasteiger charge is -2.37. The molecule has 3 rings (SSSR count). The summed E-state index contributed by atoms with van der Waals surface area (Å²) in [5.41, 5.74) is 1.91. The molecule has 0 radical (unpaired) electrons. The highest BCUT2D eigenvalue weighted by Gasteiger charge is 2.38. The van der Waals surface area contributed by atoms with E-state index >= 15 is 0 Å². The maximum atomic E-state index is 11.5. The number of methoxy groups -OCH3 is 1. The summed E-state index contributed by atoms with van der Waals surface area (Å²) in [6, 6.07) is 28.1. The van der Waals surface area contributed by atoms with Crippen molar-refractivity contribution in [1.29, 1.82) is 0 Å². The zero-order valence-electron chi connectivity index (χ0n) is 29.5. The molecule has 0 saturated heterocycles. The lowest BCUT2D eigenvalue weighted by atomic mass is 9.80. The van der Waals surface area contributed by atoms with Crippen LogP contribution in [0.15, 0.2) is 84.9 Å². The first-order valence-corrected chi connectivity index (χ1v) is 19.5. The molecular weight excluding hydrogens is 619 g/mol. The molecule has 7 heteroatoms. The fourth-order valence-electron chi connectivity index (χ4n) is 6.33. The van der Waals surface area contributed by atoms with E-state index in [1.165, 1.54) is 89.9 Å². The van der Waals surface area contributed by atoms with Crippen molar-refractivity contribution in [2.75, 3.05) is 26.9 Å². The molecule has 0 spiro atoms. The molecule has 0 aliphatic carbocycles. The highest BCUT2D eigenvalue weighted by molar-refractivity contribution is 7.32. The van der Waals surface area contributed by atoms with Crippen molar-refractivity contribution in [3.05, 3.63) is 102 Å². The molecule has 2 unspecified atom stereocenters. The lowest BCUT2D eigenvalue weighted by Crippen LogP contribution is -2.37. The minimum absolute atomic E-state index is 0.0349. The molecule has 6 nitrogen and oxygen atoms in total. The van der Waals surface area contributed by atoms with Crippen LogP contribution in [0.25, 0.3) is 0 Å². The standard InChI is InChI=1S/C41H59O6P/c1-3-4-5-6-7-8-9-10-11-12-13-14-15-16-17-24-33-45-40(35-47-48(42)43)34-46-41(36-25-20-18-21-26-36,37-27-22-19-23-28-37)38-29-31-39(44-2)32-30-38/h18-23,25-32,40H,3-17,24,33-35H2,1-2H3/p+1. The predicted octanol–water partition coefficient (Wildman–Crippen LogP) is 11.3. The molecule has 0 amide bonds. The molecule has 0 aliphatic heterocycles. The van der Waals surface area contributed by atoms with E-state index in [1.807, 2.05) is 60.7 Å². The quantitative estimate of drug-likeness (QED) is 0.0468. The van der Waals surface area contributed by atoms with Crippen LogP contribution < -0.4 is 4.74 Å². The van der Waals surface area contributed by atoms with Crippen molar-refractivity contribution in [3.8, 4) is 5.75 Å². The zero-order valence-corrected chi connectivity index (χ0v) is 30.4. The van der Waals surface area contributed by atoms with Gasteiger partial charge in [-0.25, -0.2) is 0 Å². The molecule has 0 aromatic heterocycles. The molecule has 0 fully saturated rings. The van der Waals surface area contributed by atoms with E-state index in [-0.39, 0.29) is 13.2 Å². The molecule has 0 aliphatic rings. The Balaban J connectivity index is 1.50. The summed E-state index contributed by atoms with van der Waals surface area (Å²) >= 11 is 0. The number of hydrogen-bond acceptors (Lipinski definition) is 5. The third kappa shape index (κ3) is 14.5. The lowest BCUT2D eigenvalue weighted by molar-refractivity contribution is -0.0782. The molecule has 2 atom stereocenters. The SMILES string of the molecule is CCCCCCCCCCCCCCCCCCOC(CO[P+](=O)O)COC(c1ccccc1)(c1ccccc1)c1ccc(OC)cc1. The third-order valence-corrected chi connectivity index (χ3v) is 9.44. The Bertz CT molecular complexity index is 1180. The van der Waals surface area contributed by atoms with Crippen molar-refractivity contribution >= 4 is 8.25 Å². The Morgan fingerprint density at radius 2 is 1.04 bits per heavy atom. The van der Waals surface area contributed by atoms with Crippen LogP contribution in [0.1, 0.15) is 126 Å². The van der Waals surface area contributed by atoms with Gasteiger partial charge in [-0.15, -0.1) is 9.42 Å². The topological polar surface area (TPSA) is 74.2 Å². The normalized spacial score (nSPS) is 12.6. The van der Waals surface area contributed by atoms with Crippen LogP contribution in [0.3, 0.4) is 0 Å². The van der Waals surface area contributed by atoms with Crippen LogP contribution in [0, 0.1) is 0 Å². The third-order valence-electron chi connectivity index (χ3n) is 9.07. The molecule has 0 saturated carbocycles. The van der Waals surface area contributed by atoms with Gasteiger partial charge in [-0.2, -0.15) is 0 Å². The van der Waals surface area contributed by atoms with Crippen molar-refractivity contribution in [2.45, 2.75) is 121 Å². The number of unbranched alkanes of at least 4 members (excludes halogenated alkanes) is 15. The summed E-state index contributed by atoms with van der Waals surface area (Å²) in [6.07, 6.45) is 20.5. The molecule has 0 bridgehead atoms. The minimum Gasteiger partial charge on any atom is -0.497 e. The Hall–Kier alpha value is -2.60. The van der Waals surface area contributed by atoms with E-state index in [4.69, 9.17) is 18.7 Å². The second-order valence-electron chi connectivity index (χ2n) is 12.8. The number of rotatable bonds is 28. The molecule has 48 heavy (non-hydrogen) atoms. The first kappa shape index (κ1) is 39.8.